The molecule has 1 unspecified atom stereocenters. The Morgan fingerprint density at radius 3 is 2.47 bits per heavy atom. The van der Waals surface area contributed by atoms with Crippen LogP contribution in [0.15, 0.2) is 48.5 Å². The van der Waals surface area contributed by atoms with Gasteiger partial charge >= 0.3 is 0 Å². The second-order valence-electron chi connectivity index (χ2n) is 8.51. The highest BCUT2D eigenvalue weighted by Crippen LogP contribution is 2.22. The van der Waals surface area contributed by atoms with Crippen LogP contribution in [0.1, 0.15) is 44.4 Å². The van der Waals surface area contributed by atoms with Crippen molar-refractivity contribution in [2.75, 3.05) is 5.75 Å². The summed E-state index contributed by atoms with van der Waals surface area (Å²) in [4.78, 5) is 27.5. The number of carbonyl (C=O) groups is 2. The highest BCUT2D eigenvalue weighted by molar-refractivity contribution is 7.99. The summed E-state index contributed by atoms with van der Waals surface area (Å²) < 4.78 is 0. The van der Waals surface area contributed by atoms with E-state index in [2.05, 4.69) is 5.32 Å². The molecular weight excluding hydrogens is 416 g/mol. The van der Waals surface area contributed by atoms with Crippen molar-refractivity contribution in [3.05, 3.63) is 70.2 Å². The van der Waals surface area contributed by atoms with Crippen LogP contribution >= 0.6 is 23.4 Å². The second kappa shape index (κ2) is 10.9. The zero-order chi connectivity index (χ0) is 22.3. The second-order valence-corrected chi connectivity index (χ2v) is 9.90. The Balaban J connectivity index is 2.11. The molecule has 0 aliphatic carbocycles. The van der Waals surface area contributed by atoms with Crippen LogP contribution < -0.4 is 5.32 Å². The fourth-order valence-corrected chi connectivity index (χ4v) is 4.21. The first kappa shape index (κ1) is 24.3. The van der Waals surface area contributed by atoms with Gasteiger partial charge < -0.3 is 10.2 Å². The largest absolute Gasteiger partial charge is 0.350 e. The van der Waals surface area contributed by atoms with Crippen molar-refractivity contribution in [2.24, 2.45) is 0 Å². The molecule has 0 aliphatic rings. The smallest absolute Gasteiger partial charge is 0.242 e. The van der Waals surface area contributed by atoms with Gasteiger partial charge in [0.25, 0.3) is 0 Å². The molecule has 0 bridgehead atoms. The van der Waals surface area contributed by atoms with Crippen LogP contribution in [0.4, 0.5) is 0 Å². The lowest BCUT2D eigenvalue weighted by molar-refractivity contribution is -0.139. The minimum atomic E-state index is -0.571. The third-order valence-corrected chi connectivity index (χ3v) is 5.88. The summed E-state index contributed by atoms with van der Waals surface area (Å²) >= 11 is 7.72. The summed E-state index contributed by atoms with van der Waals surface area (Å²) in [6, 6.07) is 15.1. The van der Waals surface area contributed by atoms with E-state index < -0.39 is 6.04 Å². The van der Waals surface area contributed by atoms with Crippen molar-refractivity contribution in [3.63, 3.8) is 0 Å². The van der Waals surface area contributed by atoms with Crippen molar-refractivity contribution in [3.8, 4) is 0 Å². The Morgan fingerprint density at radius 1 is 1.13 bits per heavy atom. The van der Waals surface area contributed by atoms with Crippen LogP contribution in [-0.4, -0.2) is 34.0 Å². The van der Waals surface area contributed by atoms with Crippen molar-refractivity contribution in [1.29, 1.82) is 0 Å². The summed E-state index contributed by atoms with van der Waals surface area (Å²) in [5.74, 6) is 0.709. The molecule has 0 saturated carbocycles. The van der Waals surface area contributed by atoms with Crippen molar-refractivity contribution >= 4 is 35.2 Å². The minimum Gasteiger partial charge on any atom is -0.350 e. The van der Waals surface area contributed by atoms with E-state index in [0.717, 1.165) is 16.7 Å². The summed E-state index contributed by atoms with van der Waals surface area (Å²) in [5.41, 5.74) is 2.78. The van der Waals surface area contributed by atoms with E-state index in [1.807, 2.05) is 76.2 Å². The van der Waals surface area contributed by atoms with Crippen LogP contribution in [0.3, 0.4) is 0 Å². The van der Waals surface area contributed by atoms with Gasteiger partial charge in [0.05, 0.1) is 5.75 Å². The van der Waals surface area contributed by atoms with Crippen LogP contribution in [0.5, 0.6) is 0 Å². The molecule has 0 fully saturated rings. The van der Waals surface area contributed by atoms with Gasteiger partial charge in [0, 0.05) is 22.9 Å². The van der Waals surface area contributed by atoms with Crippen LogP contribution in [0, 0.1) is 6.92 Å². The lowest BCUT2D eigenvalue weighted by atomic mass is 10.1. The first-order valence-electron chi connectivity index (χ1n) is 10.0. The first-order valence-corrected chi connectivity index (χ1v) is 11.6. The Morgan fingerprint density at radius 2 is 1.83 bits per heavy atom. The zero-order valence-electron chi connectivity index (χ0n) is 18.4. The van der Waals surface area contributed by atoms with Gasteiger partial charge in [0.15, 0.2) is 0 Å². The third-order valence-electron chi connectivity index (χ3n) is 4.54. The number of nitrogens with one attached hydrogen (secondary N) is 1. The topological polar surface area (TPSA) is 49.4 Å². The summed E-state index contributed by atoms with van der Waals surface area (Å²) in [6.07, 6.45) is 0. The van der Waals surface area contributed by atoms with Crippen LogP contribution in [0.2, 0.25) is 5.02 Å². The van der Waals surface area contributed by atoms with Gasteiger partial charge in [-0.15, -0.1) is 11.8 Å². The van der Waals surface area contributed by atoms with Gasteiger partial charge in [-0.2, -0.15) is 0 Å². The fourth-order valence-electron chi connectivity index (χ4n) is 3.01. The molecule has 2 rings (SSSR count). The van der Waals surface area contributed by atoms with E-state index in [1.54, 1.807) is 11.8 Å². The predicted molar refractivity (Wildman–Crippen MR) is 127 cm³/mol. The molecule has 162 valence electrons. The average molecular weight is 447 g/mol. The summed E-state index contributed by atoms with van der Waals surface area (Å²) in [7, 11) is 0. The molecule has 30 heavy (non-hydrogen) atoms. The molecular formula is C24H31ClN2O2S. The van der Waals surface area contributed by atoms with Crippen molar-refractivity contribution in [2.45, 2.75) is 58.5 Å². The molecule has 2 aromatic carbocycles. The fraction of sp³-hybridized carbons (Fsp3) is 0.417. The van der Waals surface area contributed by atoms with Gasteiger partial charge in [-0.3, -0.25) is 9.59 Å². The van der Waals surface area contributed by atoms with Gasteiger partial charge in [-0.05, 0) is 51.8 Å². The van der Waals surface area contributed by atoms with Crippen molar-refractivity contribution < 1.29 is 9.59 Å². The standard InChI is InChI=1S/C24H31ClN2O2S/c1-17-9-8-10-19(13-17)14-27(18(2)23(29)26-24(3,4)5)22(28)16-30-15-20-11-6-7-12-21(20)25/h6-13,18H,14-16H2,1-5H3,(H,26,29). The number of carbonyl (C=O) groups excluding carboxylic acids is 2. The molecule has 1 N–H and O–H groups in total. The van der Waals surface area contributed by atoms with Crippen LogP contribution in [-0.2, 0) is 21.9 Å². The molecule has 4 nitrogen and oxygen atoms in total. The van der Waals surface area contributed by atoms with Gasteiger partial charge in [0.1, 0.15) is 6.04 Å². The molecule has 1 atom stereocenters. The Labute approximate surface area is 189 Å². The van der Waals surface area contributed by atoms with Gasteiger partial charge in [-0.1, -0.05) is 59.6 Å². The maximum absolute atomic E-state index is 13.1. The van der Waals surface area contributed by atoms with Crippen molar-refractivity contribution in [1.82, 2.24) is 10.2 Å². The molecule has 0 radical (unpaired) electrons. The SMILES string of the molecule is Cc1cccc(CN(C(=O)CSCc2ccccc2Cl)C(C)C(=O)NC(C)(C)C)c1. The highest BCUT2D eigenvalue weighted by atomic mass is 35.5. The third kappa shape index (κ3) is 7.69. The first-order chi connectivity index (χ1) is 14.1. The number of hydrogen-bond acceptors (Lipinski definition) is 3. The summed E-state index contributed by atoms with van der Waals surface area (Å²) in [5, 5.41) is 3.68. The Hall–Kier alpha value is -1.98. The molecule has 0 saturated heterocycles. The quantitative estimate of drug-likeness (QED) is 0.605. The van der Waals surface area contributed by atoms with Gasteiger partial charge in [0.2, 0.25) is 11.8 Å². The average Bonchev–Trinajstić information content (AvgIpc) is 2.65. The molecule has 0 aliphatic heterocycles. The molecule has 0 spiro atoms. The van der Waals surface area contributed by atoms with E-state index in [0.29, 0.717) is 17.3 Å². The predicted octanol–water partition coefficient (Wildman–Crippen LogP) is 5.21. The van der Waals surface area contributed by atoms with Gasteiger partial charge in [-0.25, -0.2) is 0 Å². The van der Waals surface area contributed by atoms with E-state index in [9.17, 15) is 9.59 Å². The minimum absolute atomic E-state index is 0.0647. The Kier molecular flexibility index (Phi) is 8.80. The highest BCUT2D eigenvalue weighted by Gasteiger charge is 2.28. The lowest BCUT2D eigenvalue weighted by Crippen LogP contribution is -2.52. The molecule has 0 heterocycles. The normalized spacial score (nSPS) is 12.3. The monoisotopic (exact) mass is 446 g/mol. The Bertz CT molecular complexity index is 880. The summed E-state index contributed by atoms with van der Waals surface area (Å²) in [6.45, 7) is 10.0. The molecule has 6 heteroatoms. The number of hydrogen-bond donors (Lipinski definition) is 1. The number of benzene rings is 2. The molecule has 2 amide bonds. The molecule has 2 aromatic rings. The van der Waals surface area contributed by atoms with E-state index in [4.69, 9.17) is 11.6 Å². The number of rotatable bonds is 8. The maximum Gasteiger partial charge on any atom is 0.242 e. The number of nitrogens with zero attached hydrogens (tertiary/aromatic N) is 1. The number of amides is 2. The number of thioether (sulfide) groups is 1. The van der Waals surface area contributed by atoms with Crippen LogP contribution in [0.25, 0.3) is 0 Å². The van der Waals surface area contributed by atoms with E-state index in [-0.39, 0.29) is 23.1 Å². The number of halogens is 1. The molecule has 0 aromatic heterocycles. The van der Waals surface area contributed by atoms with E-state index >= 15 is 0 Å². The van der Waals surface area contributed by atoms with E-state index in [1.165, 1.54) is 11.8 Å². The maximum atomic E-state index is 13.1. The lowest BCUT2D eigenvalue weighted by Gasteiger charge is -2.31. The number of aryl methyl sites for hydroxylation is 1. The zero-order valence-corrected chi connectivity index (χ0v) is 19.9.